The van der Waals surface area contributed by atoms with Gasteiger partial charge in [-0.25, -0.2) is 0 Å². The van der Waals surface area contributed by atoms with Crippen molar-refractivity contribution in [3.05, 3.63) is 70.3 Å². The summed E-state index contributed by atoms with van der Waals surface area (Å²) < 4.78 is 2.39. The van der Waals surface area contributed by atoms with Gasteiger partial charge in [-0.3, -0.25) is 14.4 Å². The van der Waals surface area contributed by atoms with Crippen LogP contribution in [0.1, 0.15) is 35.2 Å². The number of nitrogens with zero attached hydrogens (tertiary/aromatic N) is 3. The summed E-state index contributed by atoms with van der Waals surface area (Å²) in [4.78, 5) is 19.5. The van der Waals surface area contributed by atoms with E-state index in [-0.39, 0.29) is 5.91 Å². The molecule has 2 N–H and O–H groups in total. The van der Waals surface area contributed by atoms with Crippen LogP contribution in [-0.4, -0.2) is 81.2 Å². The fraction of sp³-hybridized carbons (Fsp3) is 0.483. The van der Waals surface area contributed by atoms with Crippen LogP contribution < -0.4 is 14.9 Å². The lowest BCUT2D eigenvalue weighted by Gasteiger charge is -2.39. The standard InChI is InChI=1S/C29H38ClN5OS/c30-26-6-2-23(3-7-26)28-10-1-22(20-33-13-11-31-12-14-33)19-25(28)21-34-15-17-35(18-16-34)27-8-4-24(5-9-27)29(36)32-37/h2-9,22,31,37H,1,10-21H2,(H,32,36). The maximum absolute atomic E-state index is 11.8. The molecular weight excluding hydrogens is 502 g/mol. The zero-order chi connectivity index (χ0) is 25.6. The number of rotatable bonds is 7. The molecule has 1 unspecified atom stereocenters. The Balaban J connectivity index is 1.24. The first kappa shape index (κ1) is 26.6. The molecule has 0 spiro atoms. The molecule has 2 saturated heterocycles. The molecule has 6 nitrogen and oxygen atoms in total. The van der Waals surface area contributed by atoms with Crippen molar-refractivity contribution in [2.24, 2.45) is 5.92 Å². The number of nitrogens with one attached hydrogen (secondary N) is 2. The van der Waals surface area contributed by atoms with E-state index < -0.39 is 0 Å². The van der Waals surface area contributed by atoms with Crippen LogP contribution in [0.2, 0.25) is 5.02 Å². The van der Waals surface area contributed by atoms with Gasteiger partial charge in [0.25, 0.3) is 5.91 Å². The van der Waals surface area contributed by atoms with Crippen LogP contribution in [0.5, 0.6) is 0 Å². The number of anilines is 1. The van der Waals surface area contributed by atoms with E-state index in [9.17, 15) is 4.79 Å². The molecule has 3 aliphatic rings. The number of thiol groups is 1. The number of carbonyl (C=O) groups excluding carboxylic acids is 1. The van der Waals surface area contributed by atoms with Gasteiger partial charge in [-0.2, -0.15) is 0 Å². The summed E-state index contributed by atoms with van der Waals surface area (Å²) in [6.45, 7) is 10.9. The third-order valence-corrected chi connectivity index (χ3v) is 8.52. The number of halogens is 1. The highest BCUT2D eigenvalue weighted by Crippen LogP contribution is 2.37. The Kier molecular flexibility index (Phi) is 9.10. The van der Waals surface area contributed by atoms with Crippen molar-refractivity contribution in [3.8, 4) is 0 Å². The molecule has 2 aromatic carbocycles. The van der Waals surface area contributed by atoms with Crippen LogP contribution in [0, 0.1) is 5.92 Å². The first-order chi connectivity index (χ1) is 18.1. The molecule has 5 rings (SSSR count). The second kappa shape index (κ2) is 12.7. The molecule has 8 heteroatoms. The van der Waals surface area contributed by atoms with E-state index in [0.29, 0.717) is 5.56 Å². The first-order valence-corrected chi connectivity index (χ1v) is 14.3. The number of hydrogen-bond donors (Lipinski definition) is 3. The summed E-state index contributed by atoms with van der Waals surface area (Å²) in [7, 11) is 0. The van der Waals surface area contributed by atoms with Gasteiger partial charge in [0.15, 0.2) is 0 Å². The van der Waals surface area contributed by atoms with Crippen molar-refractivity contribution in [3.63, 3.8) is 0 Å². The highest BCUT2D eigenvalue weighted by molar-refractivity contribution is 7.78. The molecule has 1 aliphatic carbocycles. The quantitative estimate of drug-likeness (QED) is 0.461. The van der Waals surface area contributed by atoms with Crippen molar-refractivity contribution >= 4 is 41.6 Å². The molecule has 0 aromatic heterocycles. The van der Waals surface area contributed by atoms with Crippen molar-refractivity contribution in [1.82, 2.24) is 19.8 Å². The van der Waals surface area contributed by atoms with Gasteiger partial charge >= 0.3 is 0 Å². The van der Waals surface area contributed by atoms with Crippen molar-refractivity contribution in [2.75, 3.05) is 70.3 Å². The molecular formula is C29H38ClN5OS. The SMILES string of the molecule is O=C(NS)c1ccc(N2CCN(CC3=C(c4ccc(Cl)cc4)CCC(CN4CCNCC4)C3)CC2)cc1. The lowest BCUT2D eigenvalue weighted by Crippen LogP contribution is -2.47. The smallest absolute Gasteiger partial charge is 0.260 e. The van der Waals surface area contributed by atoms with Gasteiger partial charge in [-0.05, 0) is 72.7 Å². The molecule has 2 fully saturated rings. The van der Waals surface area contributed by atoms with E-state index in [1.54, 1.807) is 5.57 Å². The Hall–Kier alpha value is -2.03. The second-order valence-corrected chi connectivity index (χ2v) is 11.2. The van der Waals surface area contributed by atoms with Gasteiger partial charge in [0, 0.05) is 81.7 Å². The lowest BCUT2D eigenvalue weighted by molar-refractivity contribution is 0.0985. The van der Waals surface area contributed by atoms with E-state index in [1.165, 1.54) is 49.3 Å². The summed E-state index contributed by atoms with van der Waals surface area (Å²) in [5.74, 6) is 0.561. The zero-order valence-corrected chi connectivity index (χ0v) is 23.1. The maximum Gasteiger partial charge on any atom is 0.260 e. The van der Waals surface area contributed by atoms with Gasteiger partial charge in [0.05, 0.1) is 0 Å². The average Bonchev–Trinajstić information content (AvgIpc) is 2.94. The summed E-state index contributed by atoms with van der Waals surface area (Å²) in [6.07, 6.45) is 3.61. The maximum atomic E-state index is 11.8. The monoisotopic (exact) mass is 539 g/mol. The van der Waals surface area contributed by atoms with E-state index >= 15 is 0 Å². The third-order valence-electron chi connectivity index (χ3n) is 8.07. The van der Waals surface area contributed by atoms with Crippen molar-refractivity contribution < 1.29 is 4.79 Å². The van der Waals surface area contributed by atoms with Crippen LogP contribution >= 0.6 is 24.4 Å². The summed E-state index contributed by atoms with van der Waals surface area (Å²) >= 11 is 10.1. The summed E-state index contributed by atoms with van der Waals surface area (Å²) in [6, 6.07) is 16.3. The van der Waals surface area contributed by atoms with Crippen LogP contribution in [0.25, 0.3) is 5.57 Å². The van der Waals surface area contributed by atoms with E-state index in [1.807, 2.05) is 36.4 Å². The molecule has 0 radical (unpaired) electrons. The number of piperazine rings is 2. The lowest BCUT2D eigenvalue weighted by atomic mass is 9.80. The van der Waals surface area contributed by atoms with Crippen molar-refractivity contribution in [1.29, 1.82) is 0 Å². The Bertz CT molecular complexity index is 1080. The van der Waals surface area contributed by atoms with Crippen LogP contribution in [0.3, 0.4) is 0 Å². The van der Waals surface area contributed by atoms with Gasteiger partial charge in [-0.1, -0.05) is 42.1 Å². The van der Waals surface area contributed by atoms with Gasteiger partial charge in [0.1, 0.15) is 0 Å². The molecule has 1 amide bonds. The van der Waals surface area contributed by atoms with Crippen molar-refractivity contribution in [2.45, 2.75) is 19.3 Å². The van der Waals surface area contributed by atoms with Gasteiger partial charge in [0.2, 0.25) is 0 Å². The average molecular weight is 540 g/mol. The minimum atomic E-state index is -0.174. The van der Waals surface area contributed by atoms with Gasteiger partial charge in [-0.15, -0.1) is 0 Å². The number of allylic oxidation sites excluding steroid dienone is 1. The fourth-order valence-corrected chi connectivity index (χ4v) is 6.25. The minimum Gasteiger partial charge on any atom is -0.369 e. The Labute approximate surface area is 231 Å². The van der Waals surface area contributed by atoms with Crippen LogP contribution in [0.15, 0.2) is 54.1 Å². The number of hydrogen-bond acceptors (Lipinski definition) is 6. The van der Waals surface area contributed by atoms with E-state index in [2.05, 4.69) is 49.7 Å². The highest BCUT2D eigenvalue weighted by Gasteiger charge is 2.27. The number of benzene rings is 2. The predicted molar refractivity (Wildman–Crippen MR) is 157 cm³/mol. The van der Waals surface area contributed by atoms with E-state index in [4.69, 9.17) is 11.6 Å². The van der Waals surface area contributed by atoms with E-state index in [0.717, 1.165) is 63.2 Å². The zero-order valence-electron chi connectivity index (χ0n) is 21.5. The molecule has 1 atom stereocenters. The molecule has 37 heavy (non-hydrogen) atoms. The minimum absolute atomic E-state index is 0.174. The molecule has 2 heterocycles. The highest BCUT2D eigenvalue weighted by atomic mass is 35.5. The fourth-order valence-electron chi connectivity index (χ4n) is 6.00. The summed E-state index contributed by atoms with van der Waals surface area (Å²) in [5.41, 5.74) is 6.29. The molecule has 2 aromatic rings. The first-order valence-electron chi connectivity index (χ1n) is 13.5. The third kappa shape index (κ3) is 6.89. The topological polar surface area (TPSA) is 50.9 Å². The largest absolute Gasteiger partial charge is 0.369 e. The molecule has 198 valence electrons. The Morgan fingerprint density at radius 3 is 2.32 bits per heavy atom. The Morgan fingerprint density at radius 2 is 1.65 bits per heavy atom. The predicted octanol–water partition coefficient (Wildman–Crippen LogP) is 4.20. The Morgan fingerprint density at radius 1 is 0.946 bits per heavy atom. The summed E-state index contributed by atoms with van der Waals surface area (Å²) in [5, 5.41) is 4.28. The number of carbonyl (C=O) groups is 1. The van der Waals surface area contributed by atoms with Crippen LogP contribution in [0.4, 0.5) is 5.69 Å². The number of amides is 1. The molecule has 0 bridgehead atoms. The van der Waals surface area contributed by atoms with Gasteiger partial charge < -0.3 is 15.1 Å². The molecule has 0 saturated carbocycles. The second-order valence-electron chi connectivity index (χ2n) is 10.5. The molecule has 2 aliphatic heterocycles. The normalized spacial score (nSPS) is 21.8. The van der Waals surface area contributed by atoms with Crippen LogP contribution in [-0.2, 0) is 0 Å².